The fourth-order valence-corrected chi connectivity index (χ4v) is 4.06. The van der Waals surface area contributed by atoms with Gasteiger partial charge in [-0.25, -0.2) is 4.98 Å². The van der Waals surface area contributed by atoms with E-state index in [1.165, 1.54) is 29.5 Å². The van der Waals surface area contributed by atoms with Crippen molar-refractivity contribution in [3.63, 3.8) is 0 Å². The standard InChI is InChI=1S/C16H10BrN3O3S2/c17-14-7-6-13(25-14)12-9-24-16(18-12)19-15(21)8-3-10-1-4-11(5-2-10)20(22)23/h1-9H,(H,18,19,21). The molecule has 0 spiro atoms. The van der Waals surface area contributed by atoms with Gasteiger partial charge in [0, 0.05) is 23.6 Å². The summed E-state index contributed by atoms with van der Waals surface area (Å²) in [5.41, 5.74) is 1.52. The van der Waals surface area contributed by atoms with Crippen LogP contribution in [0, 0.1) is 10.1 Å². The first kappa shape index (κ1) is 17.5. The molecule has 0 saturated heterocycles. The van der Waals surface area contributed by atoms with Crippen molar-refractivity contribution in [3.05, 3.63) is 67.3 Å². The Morgan fingerprint density at radius 1 is 1.24 bits per heavy atom. The second-order valence-corrected chi connectivity index (χ2v) is 8.13. The maximum atomic E-state index is 12.0. The second-order valence-electron chi connectivity index (χ2n) is 4.81. The van der Waals surface area contributed by atoms with Crippen LogP contribution in [-0.2, 0) is 4.79 Å². The van der Waals surface area contributed by atoms with Crippen LogP contribution in [0.5, 0.6) is 0 Å². The SMILES string of the molecule is O=C(C=Cc1ccc([N+](=O)[O-])cc1)Nc1nc(-c2ccc(Br)s2)cs1. The van der Waals surface area contributed by atoms with Gasteiger partial charge in [0.15, 0.2) is 5.13 Å². The van der Waals surface area contributed by atoms with E-state index in [0.29, 0.717) is 10.7 Å². The zero-order valence-electron chi connectivity index (χ0n) is 12.5. The lowest BCUT2D eigenvalue weighted by Crippen LogP contribution is -2.07. The minimum Gasteiger partial charge on any atom is -0.298 e. The molecule has 0 radical (unpaired) electrons. The number of hydrogen-bond donors (Lipinski definition) is 1. The topological polar surface area (TPSA) is 85.1 Å². The minimum absolute atomic E-state index is 0.0112. The summed E-state index contributed by atoms with van der Waals surface area (Å²) in [6, 6.07) is 9.86. The van der Waals surface area contributed by atoms with Gasteiger partial charge in [-0.1, -0.05) is 0 Å². The summed E-state index contributed by atoms with van der Waals surface area (Å²) in [6.45, 7) is 0. The first-order chi connectivity index (χ1) is 12.0. The van der Waals surface area contributed by atoms with E-state index >= 15 is 0 Å². The predicted molar refractivity (Wildman–Crippen MR) is 104 cm³/mol. The number of thiazole rings is 1. The number of nitrogens with zero attached hydrogens (tertiary/aromatic N) is 2. The average molecular weight is 436 g/mol. The summed E-state index contributed by atoms with van der Waals surface area (Å²) >= 11 is 6.33. The van der Waals surface area contributed by atoms with Crippen LogP contribution < -0.4 is 5.32 Å². The molecule has 1 amide bonds. The zero-order valence-corrected chi connectivity index (χ0v) is 15.7. The molecule has 0 aliphatic carbocycles. The molecule has 3 aromatic rings. The lowest BCUT2D eigenvalue weighted by Gasteiger charge is -1.96. The molecule has 25 heavy (non-hydrogen) atoms. The summed E-state index contributed by atoms with van der Waals surface area (Å²) in [6.07, 6.45) is 2.95. The smallest absolute Gasteiger partial charge is 0.269 e. The molecule has 0 fully saturated rings. The molecule has 0 aliphatic heterocycles. The van der Waals surface area contributed by atoms with Gasteiger partial charge in [0.05, 0.1) is 19.3 Å². The molecule has 9 heteroatoms. The Bertz CT molecular complexity index is 948. The summed E-state index contributed by atoms with van der Waals surface area (Å²) in [5, 5.41) is 15.7. The van der Waals surface area contributed by atoms with E-state index in [4.69, 9.17) is 0 Å². The third-order valence-electron chi connectivity index (χ3n) is 3.09. The van der Waals surface area contributed by atoms with E-state index in [-0.39, 0.29) is 11.6 Å². The van der Waals surface area contributed by atoms with Gasteiger partial charge in [-0.3, -0.25) is 20.2 Å². The van der Waals surface area contributed by atoms with Gasteiger partial charge in [0.25, 0.3) is 5.69 Å². The Kier molecular flexibility index (Phi) is 5.37. The highest BCUT2D eigenvalue weighted by molar-refractivity contribution is 9.11. The molecule has 0 aliphatic rings. The van der Waals surface area contributed by atoms with Crippen molar-refractivity contribution >= 4 is 61.4 Å². The summed E-state index contributed by atoms with van der Waals surface area (Å²) < 4.78 is 1.02. The van der Waals surface area contributed by atoms with Crippen LogP contribution in [0.4, 0.5) is 10.8 Å². The highest BCUT2D eigenvalue weighted by atomic mass is 79.9. The number of carbonyl (C=O) groups is 1. The third-order valence-corrected chi connectivity index (χ3v) is 5.49. The van der Waals surface area contributed by atoms with Crippen LogP contribution >= 0.6 is 38.6 Å². The number of thiophene rings is 1. The lowest BCUT2D eigenvalue weighted by molar-refractivity contribution is -0.384. The first-order valence-corrected chi connectivity index (χ1v) is 9.45. The van der Waals surface area contributed by atoms with Gasteiger partial charge < -0.3 is 0 Å². The average Bonchev–Trinajstić information content (AvgIpc) is 3.22. The van der Waals surface area contributed by atoms with Crippen LogP contribution in [0.1, 0.15) is 5.56 Å². The number of anilines is 1. The van der Waals surface area contributed by atoms with Gasteiger partial charge in [-0.2, -0.15) is 0 Å². The molecular weight excluding hydrogens is 426 g/mol. The van der Waals surface area contributed by atoms with Crippen LogP contribution in [0.3, 0.4) is 0 Å². The Morgan fingerprint density at radius 3 is 2.64 bits per heavy atom. The number of nitrogens with one attached hydrogen (secondary N) is 1. The number of amides is 1. The fraction of sp³-hybridized carbons (Fsp3) is 0. The van der Waals surface area contributed by atoms with Gasteiger partial charge in [-0.05, 0) is 51.8 Å². The van der Waals surface area contributed by atoms with Crippen LogP contribution in [-0.4, -0.2) is 15.8 Å². The molecule has 0 atom stereocenters. The van der Waals surface area contributed by atoms with Gasteiger partial charge in [0.1, 0.15) is 0 Å². The van der Waals surface area contributed by atoms with Gasteiger partial charge >= 0.3 is 0 Å². The largest absolute Gasteiger partial charge is 0.298 e. The van der Waals surface area contributed by atoms with Crippen molar-refractivity contribution in [2.75, 3.05) is 5.32 Å². The number of benzene rings is 1. The normalized spacial score (nSPS) is 10.9. The van der Waals surface area contributed by atoms with Crippen molar-refractivity contribution in [3.8, 4) is 10.6 Å². The maximum absolute atomic E-state index is 12.0. The molecule has 6 nitrogen and oxygen atoms in total. The summed E-state index contributed by atoms with van der Waals surface area (Å²) in [4.78, 5) is 27.5. The fourth-order valence-electron chi connectivity index (χ4n) is 1.92. The summed E-state index contributed by atoms with van der Waals surface area (Å²) in [7, 11) is 0. The Morgan fingerprint density at radius 2 is 2.00 bits per heavy atom. The van der Waals surface area contributed by atoms with Crippen LogP contribution in [0.2, 0.25) is 0 Å². The zero-order chi connectivity index (χ0) is 17.8. The van der Waals surface area contributed by atoms with E-state index in [1.807, 2.05) is 17.5 Å². The number of carbonyl (C=O) groups excluding carboxylic acids is 1. The van der Waals surface area contributed by atoms with E-state index in [0.717, 1.165) is 14.4 Å². The maximum Gasteiger partial charge on any atom is 0.269 e. The number of nitro groups is 1. The number of rotatable bonds is 5. The Hall–Kier alpha value is -2.36. The van der Waals surface area contributed by atoms with E-state index in [2.05, 4.69) is 26.2 Å². The quantitative estimate of drug-likeness (QED) is 0.339. The molecule has 1 aromatic carbocycles. The van der Waals surface area contributed by atoms with Crippen molar-refractivity contribution < 1.29 is 9.72 Å². The van der Waals surface area contributed by atoms with Crippen molar-refractivity contribution in [1.82, 2.24) is 4.98 Å². The molecule has 3 rings (SSSR count). The predicted octanol–water partition coefficient (Wildman–Crippen LogP) is 5.19. The lowest BCUT2D eigenvalue weighted by atomic mass is 10.2. The molecule has 1 N–H and O–H groups in total. The highest BCUT2D eigenvalue weighted by Crippen LogP contribution is 2.33. The summed E-state index contributed by atoms with van der Waals surface area (Å²) in [5.74, 6) is -0.313. The molecule has 0 bridgehead atoms. The Labute approximate surface area is 159 Å². The number of hydrogen-bond acceptors (Lipinski definition) is 6. The van der Waals surface area contributed by atoms with E-state index in [1.54, 1.807) is 29.5 Å². The van der Waals surface area contributed by atoms with Crippen molar-refractivity contribution in [2.24, 2.45) is 0 Å². The molecular formula is C16H10BrN3O3S2. The van der Waals surface area contributed by atoms with Crippen molar-refractivity contribution in [2.45, 2.75) is 0 Å². The molecule has 0 saturated carbocycles. The minimum atomic E-state index is -0.466. The van der Waals surface area contributed by atoms with Gasteiger partial charge in [0.2, 0.25) is 5.91 Å². The molecule has 0 unspecified atom stereocenters. The highest BCUT2D eigenvalue weighted by Gasteiger charge is 2.08. The number of halogens is 1. The number of non-ortho nitro benzene ring substituents is 1. The monoisotopic (exact) mass is 435 g/mol. The third kappa shape index (κ3) is 4.59. The van der Waals surface area contributed by atoms with Crippen LogP contribution in [0.25, 0.3) is 16.6 Å². The van der Waals surface area contributed by atoms with Gasteiger partial charge in [-0.15, -0.1) is 22.7 Å². The molecule has 2 aromatic heterocycles. The van der Waals surface area contributed by atoms with E-state index in [9.17, 15) is 14.9 Å². The number of nitro benzene ring substituents is 1. The number of aromatic nitrogens is 1. The molecule has 126 valence electrons. The second kappa shape index (κ2) is 7.68. The first-order valence-electron chi connectivity index (χ1n) is 6.96. The Balaban J connectivity index is 1.62. The molecule has 2 heterocycles. The van der Waals surface area contributed by atoms with Crippen LogP contribution in [0.15, 0.2) is 51.6 Å². The van der Waals surface area contributed by atoms with Crippen molar-refractivity contribution in [1.29, 1.82) is 0 Å². The van der Waals surface area contributed by atoms with E-state index < -0.39 is 4.92 Å².